The van der Waals surface area contributed by atoms with Crippen molar-refractivity contribution in [2.75, 3.05) is 32.2 Å². The molecule has 2 aromatic heterocycles. The van der Waals surface area contributed by atoms with Gasteiger partial charge in [0.05, 0.1) is 26.1 Å². The Morgan fingerprint density at radius 2 is 1.56 bits per heavy atom. The topological polar surface area (TPSA) is 63.3 Å². The van der Waals surface area contributed by atoms with Crippen LogP contribution in [0.25, 0.3) is 34.6 Å². The van der Waals surface area contributed by atoms with E-state index in [0.717, 1.165) is 71.1 Å². The van der Waals surface area contributed by atoms with Crippen LogP contribution in [0, 0.1) is 0 Å². The minimum atomic E-state index is 0.745. The van der Waals surface area contributed by atoms with Gasteiger partial charge in [0.25, 0.3) is 0 Å². The van der Waals surface area contributed by atoms with Crippen molar-refractivity contribution in [2.24, 2.45) is 0 Å². The number of methoxy groups -OCH3 is 2. The Kier molecular flexibility index (Phi) is 7.48. The lowest BCUT2D eigenvalue weighted by molar-refractivity contribution is 0.394. The molecule has 4 rings (SSSR count). The van der Waals surface area contributed by atoms with Crippen molar-refractivity contribution in [3.63, 3.8) is 0 Å². The summed E-state index contributed by atoms with van der Waals surface area (Å²) in [4.78, 5) is 15.2. The van der Waals surface area contributed by atoms with Gasteiger partial charge in [0, 0.05) is 30.5 Å². The SMILES string of the molecule is CCCN(CCC)c1ccc(-c2cc3nc(/C=C/c4cc(OC)cc(OC)c4)cnc3[nH]2)cc1. The Bertz CT molecular complexity index is 1230. The standard InChI is InChI=1S/C28H32N4O2/c1-5-13-32(14-6-2)23-11-8-21(9-12-23)26-18-27-28(31-26)29-19-22(30-27)10-7-20-15-24(33-3)17-25(16-20)34-4/h7-12,15-19H,5-6,13-14H2,1-4H3,(H,29,31)/b10-7+. The third-order valence-corrected chi connectivity index (χ3v) is 5.70. The highest BCUT2D eigenvalue weighted by Crippen LogP contribution is 2.26. The first-order valence-electron chi connectivity index (χ1n) is 11.8. The molecule has 0 bridgehead atoms. The highest BCUT2D eigenvalue weighted by molar-refractivity contribution is 5.81. The summed E-state index contributed by atoms with van der Waals surface area (Å²) in [6.45, 7) is 6.59. The molecular formula is C28H32N4O2. The number of H-pyrrole nitrogens is 1. The molecule has 0 aliphatic heterocycles. The fourth-order valence-electron chi connectivity index (χ4n) is 4.02. The Morgan fingerprint density at radius 1 is 0.882 bits per heavy atom. The van der Waals surface area contributed by atoms with Gasteiger partial charge in [0.2, 0.25) is 0 Å². The van der Waals surface area contributed by atoms with Gasteiger partial charge in [-0.3, -0.25) is 0 Å². The molecule has 1 N–H and O–H groups in total. The molecule has 2 aromatic carbocycles. The summed E-state index contributed by atoms with van der Waals surface area (Å²) in [5, 5.41) is 0. The molecule has 6 heteroatoms. The summed E-state index contributed by atoms with van der Waals surface area (Å²) in [7, 11) is 3.29. The zero-order valence-electron chi connectivity index (χ0n) is 20.3. The molecule has 0 atom stereocenters. The second kappa shape index (κ2) is 10.9. The monoisotopic (exact) mass is 456 g/mol. The molecule has 0 saturated carbocycles. The van der Waals surface area contributed by atoms with E-state index in [4.69, 9.17) is 14.5 Å². The normalized spacial score (nSPS) is 11.3. The number of hydrogen-bond donors (Lipinski definition) is 1. The number of rotatable bonds is 10. The molecule has 0 aliphatic carbocycles. The molecule has 0 aliphatic rings. The Labute approximate surface area is 201 Å². The van der Waals surface area contributed by atoms with E-state index in [2.05, 4.69) is 59.0 Å². The first-order valence-corrected chi connectivity index (χ1v) is 11.8. The van der Waals surface area contributed by atoms with Gasteiger partial charge in [-0.1, -0.05) is 32.1 Å². The summed E-state index contributed by atoms with van der Waals surface area (Å²) in [5.41, 5.74) is 6.76. The first kappa shape index (κ1) is 23.4. The largest absolute Gasteiger partial charge is 0.497 e. The number of aromatic nitrogens is 3. The van der Waals surface area contributed by atoms with Crippen LogP contribution in [-0.2, 0) is 0 Å². The number of hydrogen-bond acceptors (Lipinski definition) is 5. The van der Waals surface area contributed by atoms with Crippen molar-refractivity contribution in [1.82, 2.24) is 15.0 Å². The Morgan fingerprint density at radius 3 is 2.18 bits per heavy atom. The van der Waals surface area contributed by atoms with Gasteiger partial charge in [-0.2, -0.15) is 0 Å². The fourth-order valence-corrected chi connectivity index (χ4v) is 4.02. The zero-order chi connectivity index (χ0) is 23.9. The first-order chi connectivity index (χ1) is 16.6. The molecule has 176 valence electrons. The van der Waals surface area contributed by atoms with Gasteiger partial charge >= 0.3 is 0 Å². The summed E-state index contributed by atoms with van der Waals surface area (Å²) in [5.74, 6) is 1.49. The second-order valence-electron chi connectivity index (χ2n) is 8.22. The number of aromatic amines is 1. The number of fused-ring (bicyclic) bond motifs is 1. The molecule has 0 amide bonds. The van der Waals surface area contributed by atoms with Gasteiger partial charge < -0.3 is 19.4 Å². The predicted octanol–water partition coefficient (Wildman–Crippen LogP) is 6.44. The lowest BCUT2D eigenvalue weighted by atomic mass is 10.1. The van der Waals surface area contributed by atoms with Crippen LogP contribution in [0.3, 0.4) is 0 Å². The van der Waals surface area contributed by atoms with E-state index in [-0.39, 0.29) is 0 Å². The lowest BCUT2D eigenvalue weighted by Crippen LogP contribution is -2.24. The van der Waals surface area contributed by atoms with Crippen LogP contribution < -0.4 is 14.4 Å². The van der Waals surface area contributed by atoms with Crippen LogP contribution in [0.2, 0.25) is 0 Å². The predicted molar refractivity (Wildman–Crippen MR) is 141 cm³/mol. The molecule has 0 radical (unpaired) electrons. The van der Waals surface area contributed by atoms with Crippen molar-refractivity contribution in [3.8, 4) is 22.8 Å². The Hall–Kier alpha value is -3.80. The average molecular weight is 457 g/mol. The maximum absolute atomic E-state index is 5.35. The summed E-state index contributed by atoms with van der Waals surface area (Å²) in [6.07, 6.45) is 7.98. The summed E-state index contributed by atoms with van der Waals surface area (Å²) >= 11 is 0. The number of ether oxygens (including phenoxy) is 2. The third-order valence-electron chi connectivity index (χ3n) is 5.70. The van der Waals surface area contributed by atoms with Crippen molar-refractivity contribution < 1.29 is 9.47 Å². The summed E-state index contributed by atoms with van der Waals surface area (Å²) < 4.78 is 10.7. The van der Waals surface area contributed by atoms with Crippen LogP contribution in [-0.4, -0.2) is 42.3 Å². The minimum absolute atomic E-state index is 0.745. The van der Waals surface area contributed by atoms with Crippen molar-refractivity contribution >= 4 is 29.0 Å². The number of nitrogens with one attached hydrogen (secondary N) is 1. The van der Waals surface area contributed by atoms with Crippen LogP contribution in [0.5, 0.6) is 11.5 Å². The van der Waals surface area contributed by atoms with E-state index in [1.165, 1.54) is 5.69 Å². The highest BCUT2D eigenvalue weighted by atomic mass is 16.5. The van der Waals surface area contributed by atoms with Gasteiger partial charge in [-0.05, 0) is 60.4 Å². The molecule has 4 aromatic rings. The van der Waals surface area contributed by atoms with E-state index < -0.39 is 0 Å². The smallest absolute Gasteiger partial charge is 0.156 e. The molecular weight excluding hydrogens is 424 g/mol. The lowest BCUT2D eigenvalue weighted by Gasteiger charge is -2.23. The quantitative estimate of drug-likeness (QED) is 0.298. The van der Waals surface area contributed by atoms with Gasteiger partial charge in [-0.25, -0.2) is 9.97 Å². The van der Waals surface area contributed by atoms with Crippen molar-refractivity contribution in [2.45, 2.75) is 26.7 Å². The molecule has 0 fully saturated rings. The molecule has 0 unspecified atom stereocenters. The maximum Gasteiger partial charge on any atom is 0.156 e. The molecule has 0 saturated heterocycles. The minimum Gasteiger partial charge on any atom is -0.497 e. The number of nitrogens with zero attached hydrogens (tertiary/aromatic N) is 3. The Balaban J connectivity index is 1.55. The van der Waals surface area contributed by atoms with E-state index in [0.29, 0.717) is 0 Å². The number of anilines is 1. The van der Waals surface area contributed by atoms with Gasteiger partial charge in [0.1, 0.15) is 17.0 Å². The number of benzene rings is 2. The van der Waals surface area contributed by atoms with E-state index in [9.17, 15) is 0 Å². The van der Waals surface area contributed by atoms with E-state index >= 15 is 0 Å². The van der Waals surface area contributed by atoms with Crippen LogP contribution in [0.1, 0.15) is 37.9 Å². The van der Waals surface area contributed by atoms with Crippen LogP contribution >= 0.6 is 0 Å². The van der Waals surface area contributed by atoms with Gasteiger partial charge in [0.15, 0.2) is 5.65 Å². The molecule has 6 nitrogen and oxygen atoms in total. The molecule has 34 heavy (non-hydrogen) atoms. The average Bonchev–Trinajstić information content (AvgIpc) is 3.30. The van der Waals surface area contributed by atoms with E-state index in [1.807, 2.05) is 30.4 Å². The molecule has 0 spiro atoms. The van der Waals surface area contributed by atoms with Crippen LogP contribution in [0.4, 0.5) is 5.69 Å². The van der Waals surface area contributed by atoms with Gasteiger partial charge in [-0.15, -0.1) is 0 Å². The zero-order valence-corrected chi connectivity index (χ0v) is 20.3. The maximum atomic E-state index is 5.35. The van der Waals surface area contributed by atoms with Crippen molar-refractivity contribution in [1.29, 1.82) is 0 Å². The van der Waals surface area contributed by atoms with Crippen molar-refractivity contribution in [3.05, 3.63) is 66.0 Å². The molecule has 2 heterocycles. The fraction of sp³-hybridized carbons (Fsp3) is 0.286. The van der Waals surface area contributed by atoms with E-state index in [1.54, 1.807) is 20.4 Å². The third kappa shape index (κ3) is 5.39. The second-order valence-corrected chi connectivity index (χ2v) is 8.22. The summed E-state index contributed by atoms with van der Waals surface area (Å²) in [6, 6.07) is 16.5. The van der Waals surface area contributed by atoms with Crippen LogP contribution in [0.15, 0.2) is 54.7 Å². The highest BCUT2D eigenvalue weighted by Gasteiger charge is 2.09.